The molecule has 0 radical (unpaired) electrons. The number of aliphatic hydroxyl groups is 1. The third kappa shape index (κ3) is 9.18. The standard InChI is InChI=1S/C31H43N7O9/c1-17(2)11-22-28(43)36-23(16-39)30(45)38-14-20(33-26(41)15-37-9-10-47-31(37)46)12-24(38)29(44)32-18(3)27(42)35-21(13-25(40)34-22)19-7-5-4-6-8-19/h4-8,17-18,20-24,39H,9-16H2,1-3H3,(H,32,44)(H,33,41)(H,34,40)(H,35,42)(H,36,43)/t18-,20-,21+,22-,23+,24-/m0/s1. The molecule has 4 rings (SSSR count). The van der Waals surface area contributed by atoms with E-state index in [2.05, 4.69) is 26.6 Å². The van der Waals surface area contributed by atoms with Crippen molar-refractivity contribution in [2.24, 2.45) is 5.92 Å². The number of rotatable bonds is 7. The molecule has 47 heavy (non-hydrogen) atoms. The molecule has 16 heteroatoms. The Morgan fingerprint density at radius 2 is 1.70 bits per heavy atom. The summed E-state index contributed by atoms with van der Waals surface area (Å²) < 4.78 is 4.85. The van der Waals surface area contributed by atoms with E-state index in [9.17, 15) is 38.7 Å². The summed E-state index contributed by atoms with van der Waals surface area (Å²) in [5, 5.41) is 23.6. The van der Waals surface area contributed by atoms with E-state index >= 15 is 0 Å². The van der Waals surface area contributed by atoms with Crippen LogP contribution in [0.4, 0.5) is 4.79 Å². The van der Waals surface area contributed by atoms with Crippen molar-refractivity contribution in [2.45, 2.75) is 76.3 Å². The Kier molecular flexibility index (Phi) is 11.7. The van der Waals surface area contributed by atoms with Gasteiger partial charge in [-0.05, 0) is 31.2 Å². The van der Waals surface area contributed by atoms with Crippen LogP contribution < -0.4 is 26.6 Å². The van der Waals surface area contributed by atoms with Gasteiger partial charge in [0.25, 0.3) is 0 Å². The molecule has 7 amide bonds. The number of cyclic esters (lactones) is 1. The van der Waals surface area contributed by atoms with Crippen molar-refractivity contribution in [3.63, 3.8) is 0 Å². The lowest BCUT2D eigenvalue weighted by atomic mass is 10.00. The number of aliphatic hydroxyl groups excluding tert-OH is 1. The fraction of sp³-hybridized carbons (Fsp3) is 0.581. The van der Waals surface area contributed by atoms with E-state index in [-0.39, 0.29) is 51.4 Å². The SMILES string of the molecule is CC(C)C[C@@H]1NC(=O)C[C@H](c2ccccc2)NC(=O)[C@H](C)NC(=O)[C@@H]2C[C@H](NC(=O)CN3CCOC3=O)CN2C(=O)[C@@H](CO)NC1=O. The average molecular weight is 658 g/mol. The second-order valence-corrected chi connectivity index (χ2v) is 12.4. The predicted molar refractivity (Wildman–Crippen MR) is 165 cm³/mol. The summed E-state index contributed by atoms with van der Waals surface area (Å²) in [5.41, 5.74) is 0.634. The van der Waals surface area contributed by atoms with Gasteiger partial charge in [-0.15, -0.1) is 0 Å². The summed E-state index contributed by atoms with van der Waals surface area (Å²) in [6, 6.07) is 2.48. The van der Waals surface area contributed by atoms with Gasteiger partial charge in [0.1, 0.15) is 37.3 Å². The summed E-state index contributed by atoms with van der Waals surface area (Å²) >= 11 is 0. The Bertz CT molecular complexity index is 1360. The molecule has 0 unspecified atom stereocenters. The highest BCUT2D eigenvalue weighted by Gasteiger charge is 2.44. The zero-order valence-electron chi connectivity index (χ0n) is 26.7. The minimum Gasteiger partial charge on any atom is -0.448 e. The number of carbonyl (C=O) groups excluding carboxylic acids is 7. The van der Waals surface area contributed by atoms with Crippen molar-refractivity contribution in [1.29, 1.82) is 0 Å². The van der Waals surface area contributed by atoms with E-state index in [0.29, 0.717) is 5.56 Å². The first-order valence-electron chi connectivity index (χ1n) is 15.7. The fourth-order valence-corrected chi connectivity index (χ4v) is 5.86. The normalized spacial score (nSPS) is 27.9. The molecule has 0 spiro atoms. The van der Waals surface area contributed by atoms with Crippen LogP contribution in [0.1, 0.15) is 51.6 Å². The number of hydrogen-bond acceptors (Lipinski definition) is 9. The number of carbonyl (C=O) groups is 7. The number of nitrogens with one attached hydrogen (secondary N) is 5. The number of hydrogen-bond donors (Lipinski definition) is 6. The molecule has 0 aromatic heterocycles. The van der Waals surface area contributed by atoms with Crippen LogP contribution in [0.5, 0.6) is 0 Å². The van der Waals surface area contributed by atoms with E-state index in [1.807, 2.05) is 13.8 Å². The zero-order valence-corrected chi connectivity index (χ0v) is 26.7. The van der Waals surface area contributed by atoms with Crippen molar-refractivity contribution >= 4 is 41.5 Å². The van der Waals surface area contributed by atoms with Gasteiger partial charge in [0.15, 0.2) is 0 Å². The Hall–Kier alpha value is -4.73. The van der Waals surface area contributed by atoms with Gasteiger partial charge in [-0.1, -0.05) is 44.2 Å². The molecule has 3 heterocycles. The Morgan fingerprint density at radius 1 is 0.979 bits per heavy atom. The van der Waals surface area contributed by atoms with Crippen LogP contribution >= 0.6 is 0 Å². The Labute approximate surface area is 272 Å². The quantitative estimate of drug-likeness (QED) is 0.197. The Morgan fingerprint density at radius 3 is 2.34 bits per heavy atom. The maximum absolute atomic E-state index is 13.8. The first-order chi connectivity index (χ1) is 22.4. The van der Waals surface area contributed by atoms with Crippen LogP contribution in [-0.4, -0.2) is 119 Å². The lowest BCUT2D eigenvalue weighted by Gasteiger charge is -2.30. The maximum Gasteiger partial charge on any atom is 0.410 e. The van der Waals surface area contributed by atoms with Gasteiger partial charge in [-0.3, -0.25) is 33.7 Å². The average Bonchev–Trinajstić information content (AvgIpc) is 3.63. The molecule has 0 saturated carbocycles. The molecule has 6 N–H and O–H groups in total. The first kappa shape index (κ1) is 35.1. The van der Waals surface area contributed by atoms with Crippen molar-refractivity contribution in [3.05, 3.63) is 35.9 Å². The van der Waals surface area contributed by atoms with Crippen LogP contribution in [0.2, 0.25) is 0 Å². The highest BCUT2D eigenvalue weighted by Crippen LogP contribution is 2.22. The molecule has 3 aliphatic heterocycles. The van der Waals surface area contributed by atoms with Crippen molar-refractivity contribution in [1.82, 2.24) is 36.4 Å². The number of ether oxygens (including phenoxy) is 1. The van der Waals surface area contributed by atoms with Gasteiger partial charge in [-0.2, -0.15) is 0 Å². The van der Waals surface area contributed by atoms with Gasteiger partial charge >= 0.3 is 6.09 Å². The van der Waals surface area contributed by atoms with Crippen molar-refractivity contribution < 1.29 is 43.4 Å². The minimum atomic E-state index is -1.47. The van der Waals surface area contributed by atoms with E-state index < -0.39 is 84.4 Å². The number of fused-ring (bicyclic) bond motifs is 1. The molecule has 256 valence electrons. The molecule has 1 aromatic rings. The predicted octanol–water partition coefficient (Wildman–Crippen LogP) is -1.70. The second-order valence-electron chi connectivity index (χ2n) is 12.4. The van der Waals surface area contributed by atoms with Gasteiger partial charge in [-0.25, -0.2) is 4.79 Å². The maximum atomic E-state index is 13.8. The summed E-state index contributed by atoms with van der Waals surface area (Å²) in [6.45, 7) is 4.35. The summed E-state index contributed by atoms with van der Waals surface area (Å²) in [4.78, 5) is 94.3. The van der Waals surface area contributed by atoms with E-state index in [0.717, 1.165) is 4.90 Å². The highest BCUT2D eigenvalue weighted by molar-refractivity contribution is 5.96. The van der Waals surface area contributed by atoms with Gasteiger partial charge in [0, 0.05) is 12.6 Å². The highest BCUT2D eigenvalue weighted by atomic mass is 16.6. The van der Waals surface area contributed by atoms with Gasteiger partial charge in [0.2, 0.25) is 35.4 Å². The molecular weight excluding hydrogens is 614 g/mol. The molecule has 3 aliphatic rings. The lowest BCUT2D eigenvalue weighted by molar-refractivity contribution is -0.143. The molecular formula is C31H43N7O9. The Balaban J connectivity index is 1.61. The second kappa shape index (κ2) is 15.7. The fourth-order valence-electron chi connectivity index (χ4n) is 5.86. The van der Waals surface area contributed by atoms with Crippen LogP contribution in [-0.2, 0) is 33.5 Å². The van der Waals surface area contributed by atoms with Crippen LogP contribution in [0.3, 0.4) is 0 Å². The summed E-state index contributed by atoms with van der Waals surface area (Å²) in [7, 11) is 0. The summed E-state index contributed by atoms with van der Waals surface area (Å²) in [5.74, 6) is -3.87. The van der Waals surface area contributed by atoms with Crippen LogP contribution in [0.15, 0.2) is 30.3 Å². The van der Waals surface area contributed by atoms with E-state index in [1.165, 1.54) is 11.8 Å². The molecule has 16 nitrogen and oxygen atoms in total. The van der Waals surface area contributed by atoms with E-state index in [1.54, 1.807) is 30.3 Å². The van der Waals surface area contributed by atoms with Crippen molar-refractivity contribution in [2.75, 3.05) is 32.8 Å². The van der Waals surface area contributed by atoms with Gasteiger partial charge < -0.3 is 41.3 Å². The smallest absolute Gasteiger partial charge is 0.410 e. The summed E-state index contributed by atoms with van der Waals surface area (Å²) in [6.07, 6.45) is -0.656. The van der Waals surface area contributed by atoms with Crippen molar-refractivity contribution in [3.8, 4) is 0 Å². The van der Waals surface area contributed by atoms with Crippen LogP contribution in [0.25, 0.3) is 0 Å². The topological polar surface area (TPSA) is 216 Å². The molecule has 0 bridgehead atoms. The minimum absolute atomic E-state index is 0.0349. The van der Waals surface area contributed by atoms with Gasteiger partial charge in [0.05, 0.1) is 25.6 Å². The molecule has 1 aromatic carbocycles. The largest absolute Gasteiger partial charge is 0.448 e. The number of amides is 7. The zero-order chi connectivity index (χ0) is 34.2. The molecule has 0 aliphatic carbocycles. The third-order valence-corrected chi connectivity index (χ3v) is 8.25. The van der Waals surface area contributed by atoms with Crippen LogP contribution in [0, 0.1) is 5.92 Å². The third-order valence-electron chi connectivity index (χ3n) is 8.25. The lowest BCUT2D eigenvalue weighted by Crippen LogP contribution is -2.59. The molecule has 3 fully saturated rings. The van der Waals surface area contributed by atoms with E-state index in [4.69, 9.17) is 4.74 Å². The number of benzene rings is 1. The monoisotopic (exact) mass is 657 g/mol. The number of nitrogens with zero attached hydrogens (tertiary/aromatic N) is 2. The molecule has 3 saturated heterocycles. The first-order valence-corrected chi connectivity index (χ1v) is 15.7. The molecule has 6 atom stereocenters.